The topological polar surface area (TPSA) is 17.8 Å². The van der Waals surface area contributed by atoms with E-state index in [0.29, 0.717) is 5.56 Å². The van der Waals surface area contributed by atoms with Crippen LogP contribution in [0.25, 0.3) is 22.4 Å². The molecule has 3 aromatic rings. The first kappa shape index (κ1) is 15.1. The van der Waals surface area contributed by atoms with Gasteiger partial charge in [-0.2, -0.15) is 0 Å². The molecule has 0 atom stereocenters. The Bertz CT molecular complexity index is 867. The van der Waals surface area contributed by atoms with Crippen LogP contribution < -0.4 is 0 Å². The lowest BCUT2D eigenvalue weighted by Gasteiger charge is -2.11. The largest absolute Gasteiger partial charge is 0.334 e. The van der Waals surface area contributed by atoms with Crippen molar-refractivity contribution in [2.24, 2.45) is 0 Å². The monoisotopic (exact) mass is 320 g/mol. The molecule has 1 aliphatic heterocycles. The van der Waals surface area contributed by atoms with E-state index in [2.05, 4.69) is 10.8 Å². The van der Waals surface area contributed by atoms with Crippen molar-refractivity contribution < 1.29 is 4.39 Å². The molecule has 0 fully saturated rings. The minimum absolute atomic E-state index is 0.164. The SMILES string of the molecule is Cc1cc(F)c(-c2ccc(-c3cn4c(n3)CCCC4)cc2)cc1C. The first-order chi connectivity index (χ1) is 11.6. The van der Waals surface area contributed by atoms with E-state index in [1.807, 2.05) is 44.2 Å². The second-order valence-corrected chi connectivity index (χ2v) is 6.69. The lowest BCUT2D eigenvalue weighted by atomic mass is 9.98. The molecule has 4 rings (SSSR count). The third-order valence-corrected chi connectivity index (χ3v) is 4.98. The van der Waals surface area contributed by atoms with Crippen molar-refractivity contribution in [3.63, 3.8) is 0 Å². The molecule has 0 unspecified atom stereocenters. The van der Waals surface area contributed by atoms with E-state index in [-0.39, 0.29) is 5.82 Å². The van der Waals surface area contributed by atoms with Gasteiger partial charge in [0.1, 0.15) is 11.6 Å². The van der Waals surface area contributed by atoms with Crippen LogP contribution in [-0.4, -0.2) is 9.55 Å². The van der Waals surface area contributed by atoms with Gasteiger partial charge >= 0.3 is 0 Å². The van der Waals surface area contributed by atoms with Crippen LogP contribution in [0, 0.1) is 19.7 Å². The van der Waals surface area contributed by atoms with Gasteiger partial charge in [0.05, 0.1) is 5.69 Å². The summed E-state index contributed by atoms with van der Waals surface area (Å²) < 4.78 is 16.5. The molecule has 1 aliphatic rings. The number of imidazole rings is 1. The van der Waals surface area contributed by atoms with Gasteiger partial charge in [0, 0.05) is 30.3 Å². The van der Waals surface area contributed by atoms with E-state index in [9.17, 15) is 4.39 Å². The Morgan fingerprint density at radius 1 is 0.958 bits per heavy atom. The zero-order valence-electron chi connectivity index (χ0n) is 14.1. The summed E-state index contributed by atoms with van der Waals surface area (Å²) in [6.07, 6.45) is 5.65. The van der Waals surface area contributed by atoms with Crippen molar-refractivity contribution in [1.29, 1.82) is 0 Å². The maximum atomic E-state index is 14.3. The van der Waals surface area contributed by atoms with Crippen LogP contribution in [0.5, 0.6) is 0 Å². The second kappa shape index (κ2) is 5.90. The predicted molar refractivity (Wildman–Crippen MR) is 95.5 cm³/mol. The van der Waals surface area contributed by atoms with Gasteiger partial charge in [-0.15, -0.1) is 0 Å². The summed E-state index contributed by atoms with van der Waals surface area (Å²) in [7, 11) is 0. The highest BCUT2D eigenvalue weighted by molar-refractivity contribution is 5.70. The fourth-order valence-electron chi connectivity index (χ4n) is 3.37. The first-order valence-corrected chi connectivity index (χ1v) is 8.55. The number of rotatable bonds is 2. The third kappa shape index (κ3) is 2.64. The maximum absolute atomic E-state index is 14.3. The number of fused-ring (bicyclic) bond motifs is 1. The number of aryl methyl sites for hydroxylation is 4. The quantitative estimate of drug-likeness (QED) is 0.626. The summed E-state index contributed by atoms with van der Waals surface area (Å²) in [6.45, 7) is 5.02. The molecule has 2 heterocycles. The molecule has 0 radical (unpaired) electrons. The highest BCUT2D eigenvalue weighted by Gasteiger charge is 2.13. The number of hydrogen-bond acceptors (Lipinski definition) is 1. The molecule has 0 saturated heterocycles. The van der Waals surface area contributed by atoms with E-state index in [1.165, 1.54) is 18.7 Å². The van der Waals surface area contributed by atoms with E-state index in [0.717, 1.165) is 40.9 Å². The lowest BCUT2D eigenvalue weighted by Crippen LogP contribution is -2.08. The molecule has 0 spiro atoms. The van der Waals surface area contributed by atoms with Gasteiger partial charge in [-0.1, -0.05) is 24.3 Å². The Morgan fingerprint density at radius 2 is 1.67 bits per heavy atom. The Morgan fingerprint density at radius 3 is 2.42 bits per heavy atom. The number of hydrogen-bond donors (Lipinski definition) is 0. The highest BCUT2D eigenvalue weighted by atomic mass is 19.1. The predicted octanol–water partition coefficient (Wildman–Crippen LogP) is 5.31. The summed E-state index contributed by atoms with van der Waals surface area (Å²) in [5.41, 5.74) is 5.76. The van der Waals surface area contributed by atoms with Crippen LogP contribution in [0.1, 0.15) is 29.8 Å². The van der Waals surface area contributed by atoms with Crippen LogP contribution in [0.4, 0.5) is 4.39 Å². The molecule has 0 amide bonds. The normalized spacial score (nSPS) is 13.8. The fraction of sp³-hybridized carbons (Fsp3) is 0.286. The zero-order chi connectivity index (χ0) is 16.7. The average Bonchev–Trinajstić information content (AvgIpc) is 3.02. The van der Waals surface area contributed by atoms with Crippen molar-refractivity contribution >= 4 is 0 Å². The van der Waals surface area contributed by atoms with Gasteiger partial charge in [0.2, 0.25) is 0 Å². The van der Waals surface area contributed by atoms with Crippen molar-refractivity contribution in [3.05, 3.63) is 65.4 Å². The Hall–Kier alpha value is -2.42. The smallest absolute Gasteiger partial charge is 0.131 e. The molecule has 1 aromatic heterocycles. The van der Waals surface area contributed by atoms with Crippen molar-refractivity contribution in [2.75, 3.05) is 0 Å². The van der Waals surface area contributed by atoms with Crippen LogP contribution in [0.15, 0.2) is 42.6 Å². The van der Waals surface area contributed by atoms with Crippen LogP contribution >= 0.6 is 0 Å². The highest BCUT2D eigenvalue weighted by Crippen LogP contribution is 2.29. The van der Waals surface area contributed by atoms with Crippen molar-refractivity contribution in [1.82, 2.24) is 9.55 Å². The van der Waals surface area contributed by atoms with Gasteiger partial charge in [0.15, 0.2) is 0 Å². The molecule has 0 saturated carbocycles. The molecule has 2 aromatic carbocycles. The standard InChI is InChI=1S/C21H21FN2/c1-14-11-18(19(22)12-15(14)2)16-6-8-17(9-7-16)20-13-24-10-4-3-5-21(24)23-20/h6-9,11-13H,3-5,10H2,1-2H3. The van der Waals surface area contributed by atoms with E-state index >= 15 is 0 Å². The van der Waals surface area contributed by atoms with Crippen LogP contribution in [-0.2, 0) is 13.0 Å². The minimum Gasteiger partial charge on any atom is -0.334 e. The molecular weight excluding hydrogens is 299 g/mol. The van der Waals surface area contributed by atoms with Crippen LogP contribution in [0.2, 0.25) is 0 Å². The molecule has 0 N–H and O–H groups in total. The maximum Gasteiger partial charge on any atom is 0.131 e. The summed E-state index contributed by atoms with van der Waals surface area (Å²) in [5.74, 6) is 1.02. The van der Waals surface area contributed by atoms with E-state index < -0.39 is 0 Å². The summed E-state index contributed by atoms with van der Waals surface area (Å²) in [6, 6.07) is 11.6. The molecule has 0 bridgehead atoms. The Balaban J connectivity index is 1.68. The Labute approximate surface area is 142 Å². The van der Waals surface area contributed by atoms with Gasteiger partial charge in [-0.25, -0.2) is 9.37 Å². The second-order valence-electron chi connectivity index (χ2n) is 6.69. The summed E-state index contributed by atoms with van der Waals surface area (Å²) >= 11 is 0. The lowest BCUT2D eigenvalue weighted by molar-refractivity contribution is 0.522. The minimum atomic E-state index is -0.164. The van der Waals surface area contributed by atoms with Crippen LogP contribution in [0.3, 0.4) is 0 Å². The fourth-order valence-corrected chi connectivity index (χ4v) is 3.37. The number of aromatic nitrogens is 2. The van der Waals surface area contributed by atoms with Crippen molar-refractivity contribution in [3.8, 4) is 22.4 Å². The van der Waals surface area contributed by atoms with E-state index in [1.54, 1.807) is 6.07 Å². The molecular formula is C21H21FN2. The number of benzene rings is 2. The first-order valence-electron chi connectivity index (χ1n) is 8.55. The zero-order valence-corrected chi connectivity index (χ0v) is 14.1. The number of nitrogens with zero attached hydrogens (tertiary/aromatic N) is 2. The van der Waals surface area contributed by atoms with Gasteiger partial charge < -0.3 is 4.57 Å². The van der Waals surface area contributed by atoms with Gasteiger partial charge in [-0.3, -0.25) is 0 Å². The molecule has 2 nitrogen and oxygen atoms in total. The third-order valence-electron chi connectivity index (χ3n) is 4.98. The number of halogens is 1. The van der Waals surface area contributed by atoms with Gasteiger partial charge in [-0.05, 0) is 55.5 Å². The van der Waals surface area contributed by atoms with Crippen molar-refractivity contribution in [2.45, 2.75) is 39.7 Å². The van der Waals surface area contributed by atoms with Gasteiger partial charge in [0.25, 0.3) is 0 Å². The molecule has 24 heavy (non-hydrogen) atoms. The molecule has 122 valence electrons. The molecule has 0 aliphatic carbocycles. The summed E-state index contributed by atoms with van der Waals surface area (Å²) in [5, 5.41) is 0. The van der Waals surface area contributed by atoms with E-state index in [4.69, 9.17) is 4.98 Å². The Kier molecular flexibility index (Phi) is 3.72. The summed E-state index contributed by atoms with van der Waals surface area (Å²) in [4.78, 5) is 4.76. The molecule has 3 heteroatoms. The average molecular weight is 320 g/mol.